The minimum atomic E-state index is -1.69. The Labute approximate surface area is 157 Å². The molecule has 0 spiro atoms. The molecule has 0 fully saturated rings. The fourth-order valence-electron chi connectivity index (χ4n) is 2.75. The van der Waals surface area contributed by atoms with E-state index in [2.05, 4.69) is 4.98 Å². The van der Waals surface area contributed by atoms with Crippen LogP contribution in [0.3, 0.4) is 0 Å². The maximum absolute atomic E-state index is 11.9. The lowest BCUT2D eigenvalue weighted by molar-refractivity contribution is -0.153. The Morgan fingerprint density at radius 1 is 1.04 bits per heavy atom. The Kier molecular flexibility index (Phi) is 5.06. The van der Waals surface area contributed by atoms with E-state index in [1.54, 1.807) is 24.3 Å². The zero-order chi connectivity index (χ0) is 18.8. The molecule has 0 amide bonds. The van der Waals surface area contributed by atoms with Crippen LogP contribution in [0.25, 0.3) is 10.9 Å². The molecule has 26 heavy (non-hydrogen) atoms. The summed E-state index contributed by atoms with van der Waals surface area (Å²) >= 11 is 11.8. The fourth-order valence-corrected chi connectivity index (χ4v) is 3.20. The number of carboxylic acid groups (broad SMARTS) is 2. The largest absolute Gasteiger partial charge is 0.481 e. The Bertz CT molecular complexity index is 985. The molecule has 0 bridgehead atoms. The number of rotatable bonds is 6. The number of fused-ring (bicyclic) bond motifs is 1. The first kappa shape index (κ1) is 18.1. The number of para-hydroxylation sites is 1. The summed E-state index contributed by atoms with van der Waals surface area (Å²) in [6.45, 7) is 0. The van der Waals surface area contributed by atoms with Crippen LogP contribution in [0.4, 0.5) is 0 Å². The predicted octanol–water partition coefficient (Wildman–Crippen LogP) is 4.18. The van der Waals surface area contributed by atoms with E-state index in [1.165, 1.54) is 24.4 Å². The van der Waals surface area contributed by atoms with Crippen molar-refractivity contribution in [2.75, 3.05) is 0 Å². The van der Waals surface area contributed by atoms with Gasteiger partial charge in [0.15, 0.2) is 0 Å². The van der Waals surface area contributed by atoms with E-state index in [0.29, 0.717) is 21.5 Å². The molecule has 0 radical (unpaired) electrons. The second-order valence-electron chi connectivity index (χ2n) is 5.56. The van der Waals surface area contributed by atoms with E-state index >= 15 is 0 Å². The molecule has 2 unspecified atom stereocenters. The first-order chi connectivity index (χ1) is 12.4. The van der Waals surface area contributed by atoms with Gasteiger partial charge in [-0.2, -0.15) is 0 Å². The Hall–Kier alpha value is -2.70. The molecule has 0 aliphatic carbocycles. The Morgan fingerprint density at radius 2 is 1.77 bits per heavy atom. The monoisotopic (exact) mass is 393 g/mol. The van der Waals surface area contributed by atoms with Gasteiger partial charge in [0.05, 0.1) is 5.02 Å². The van der Waals surface area contributed by atoms with Crippen LogP contribution in [-0.2, 0) is 9.59 Å². The molecule has 0 aliphatic heterocycles. The smallest absolute Gasteiger partial charge is 0.346 e. The third-order valence-electron chi connectivity index (χ3n) is 3.92. The predicted molar refractivity (Wildman–Crippen MR) is 97.2 cm³/mol. The molecule has 3 aromatic rings. The topological polar surface area (TPSA) is 99.6 Å². The van der Waals surface area contributed by atoms with Gasteiger partial charge in [0.2, 0.25) is 6.10 Å². The van der Waals surface area contributed by atoms with Gasteiger partial charge in [0.25, 0.3) is 0 Å². The van der Waals surface area contributed by atoms with Crippen molar-refractivity contribution >= 4 is 46.0 Å². The van der Waals surface area contributed by atoms with Crippen molar-refractivity contribution < 1.29 is 24.5 Å². The van der Waals surface area contributed by atoms with Gasteiger partial charge in [-0.25, -0.2) is 4.79 Å². The van der Waals surface area contributed by atoms with Crippen molar-refractivity contribution in [2.24, 2.45) is 0 Å². The molecule has 0 saturated heterocycles. The molecule has 2 atom stereocenters. The average molecular weight is 394 g/mol. The summed E-state index contributed by atoms with van der Waals surface area (Å²) in [5.74, 6) is -4.16. The number of aromatic amines is 1. The summed E-state index contributed by atoms with van der Waals surface area (Å²) in [5, 5.41) is 20.4. The van der Waals surface area contributed by atoms with Crippen LogP contribution in [0.5, 0.6) is 5.75 Å². The second-order valence-corrected chi connectivity index (χ2v) is 6.40. The molecule has 3 N–H and O–H groups in total. The van der Waals surface area contributed by atoms with E-state index in [-0.39, 0.29) is 10.8 Å². The maximum Gasteiger partial charge on any atom is 0.346 e. The van der Waals surface area contributed by atoms with Crippen LogP contribution >= 0.6 is 23.2 Å². The standard InChI is InChI=1S/C18H13Cl2NO5/c19-9-5-6-14(12(20)7-9)26-16(18(24)25)15(17(22)23)11-8-21-13-4-2-1-3-10(11)13/h1-8,15-16,21H,(H,22,23)(H,24,25). The van der Waals surface area contributed by atoms with Crippen molar-refractivity contribution in [3.63, 3.8) is 0 Å². The molecule has 1 aromatic heterocycles. The van der Waals surface area contributed by atoms with Crippen molar-refractivity contribution in [3.8, 4) is 5.75 Å². The molecule has 6 nitrogen and oxygen atoms in total. The van der Waals surface area contributed by atoms with Gasteiger partial charge in [-0.3, -0.25) is 4.79 Å². The second kappa shape index (κ2) is 7.27. The number of carboxylic acids is 2. The van der Waals surface area contributed by atoms with Crippen molar-refractivity contribution in [2.45, 2.75) is 12.0 Å². The van der Waals surface area contributed by atoms with Gasteiger partial charge in [0, 0.05) is 22.1 Å². The van der Waals surface area contributed by atoms with Crippen molar-refractivity contribution in [1.29, 1.82) is 0 Å². The summed E-state index contributed by atoms with van der Waals surface area (Å²) in [6, 6.07) is 11.3. The molecule has 3 rings (SSSR count). The van der Waals surface area contributed by atoms with Gasteiger partial charge in [-0.1, -0.05) is 41.4 Å². The van der Waals surface area contributed by atoms with Gasteiger partial charge in [-0.15, -0.1) is 0 Å². The lowest BCUT2D eigenvalue weighted by Gasteiger charge is -2.22. The van der Waals surface area contributed by atoms with Crippen LogP contribution < -0.4 is 4.74 Å². The van der Waals surface area contributed by atoms with Crippen LogP contribution in [-0.4, -0.2) is 33.2 Å². The molecular formula is C18H13Cl2NO5. The molecular weight excluding hydrogens is 381 g/mol. The van der Waals surface area contributed by atoms with Gasteiger partial charge >= 0.3 is 11.9 Å². The number of halogens is 2. The average Bonchev–Trinajstić information content (AvgIpc) is 3.00. The van der Waals surface area contributed by atoms with Crippen LogP contribution in [0, 0.1) is 0 Å². The van der Waals surface area contributed by atoms with E-state index in [1.807, 2.05) is 0 Å². The number of hydrogen-bond donors (Lipinski definition) is 3. The highest BCUT2D eigenvalue weighted by atomic mass is 35.5. The summed E-state index contributed by atoms with van der Waals surface area (Å²) in [5.41, 5.74) is 1.01. The first-order valence-corrected chi connectivity index (χ1v) is 8.27. The minimum Gasteiger partial charge on any atom is -0.481 e. The van der Waals surface area contributed by atoms with E-state index in [4.69, 9.17) is 27.9 Å². The third-order valence-corrected chi connectivity index (χ3v) is 4.45. The Morgan fingerprint density at radius 3 is 2.42 bits per heavy atom. The van der Waals surface area contributed by atoms with Crippen LogP contribution in [0.1, 0.15) is 11.5 Å². The fraction of sp³-hybridized carbons (Fsp3) is 0.111. The highest BCUT2D eigenvalue weighted by molar-refractivity contribution is 6.35. The lowest BCUT2D eigenvalue weighted by Crippen LogP contribution is -2.38. The zero-order valence-corrected chi connectivity index (χ0v) is 14.7. The van der Waals surface area contributed by atoms with Crippen molar-refractivity contribution in [3.05, 3.63) is 64.3 Å². The summed E-state index contributed by atoms with van der Waals surface area (Å²) < 4.78 is 5.47. The number of hydrogen-bond acceptors (Lipinski definition) is 3. The molecule has 1 heterocycles. The first-order valence-electron chi connectivity index (χ1n) is 7.52. The number of nitrogens with one attached hydrogen (secondary N) is 1. The number of carbonyl (C=O) groups is 2. The number of benzene rings is 2. The number of aliphatic carboxylic acids is 2. The van der Waals surface area contributed by atoms with Crippen LogP contribution in [0.2, 0.25) is 10.0 Å². The lowest BCUT2D eigenvalue weighted by atomic mass is 9.92. The SMILES string of the molecule is O=C(O)C(Oc1ccc(Cl)cc1Cl)C(C(=O)O)c1c[nH]c2ccccc12. The van der Waals surface area contributed by atoms with E-state index in [0.717, 1.165) is 0 Å². The normalized spacial score (nSPS) is 13.3. The molecule has 8 heteroatoms. The van der Waals surface area contributed by atoms with Gasteiger partial charge < -0.3 is 19.9 Å². The number of H-pyrrole nitrogens is 1. The van der Waals surface area contributed by atoms with Gasteiger partial charge in [0.1, 0.15) is 11.7 Å². The molecule has 2 aromatic carbocycles. The highest BCUT2D eigenvalue weighted by Crippen LogP contribution is 2.34. The molecule has 134 valence electrons. The maximum atomic E-state index is 11.9. The van der Waals surface area contributed by atoms with E-state index in [9.17, 15) is 19.8 Å². The third kappa shape index (κ3) is 3.47. The molecule has 0 aliphatic rings. The minimum absolute atomic E-state index is 0.0366. The van der Waals surface area contributed by atoms with Gasteiger partial charge in [-0.05, 0) is 29.8 Å². The quantitative estimate of drug-likeness (QED) is 0.583. The highest BCUT2D eigenvalue weighted by Gasteiger charge is 2.39. The summed E-state index contributed by atoms with van der Waals surface area (Å²) in [6.07, 6.45) is -0.211. The number of aromatic nitrogens is 1. The zero-order valence-electron chi connectivity index (χ0n) is 13.1. The number of ether oxygens (including phenoxy) is 1. The Balaban J connectivity index is 2.05. The summed E-state index contributed by atoms with van der Waals surface area (Å²) in [4.78, 5) is 26.6. The van der Waals surface area contributed by atoms with Crippen molar-refractivity contribution in [1.82, 2.24) is 4.98 Å². The summed E-state index contributed by atoms with van der Waals surface area (Å²) in [7, 11) is 0. The molecule has 0 saturated carbocycles. The van der Waals surface area contributed by atoms with E-state index < -0.39 is 24.0 Å². The van der Waals surface area contributed by atoms with Crippen LogP contribution in [0.15, 0.2) is 48.7 Å².